The fraction of sp³-hybridized carbons (Fsp3) is 0.900. The van der Waals surface area contributed by atoms with E-state index in [0.29, 0.717) is 19.1 Å². The average molecular weight is 369 g/mol. The highest BCUT2D eigenvalue weighted by atomic mass is 28.4. The maximum Gasteiger partial charge on any atom is 0.392 e. The van der Waals surface area contributed by atoms with Gasteiger partial charge in [0, 0.05) is 16.7 Å². The molecule has 144 valence electrons. The number of hydrogen-bond donors (Lipinski definition) is 0. The molecule has 3 fully saturated rings. The Morgan fingerprint density at radius 2 is 1.68 bits per heavy atom. The summed E-state index contributed by atoms with van der Waals surface area (Å²) < 4.78 is 25.6. The van der Waals surface area contributed by atoms with Crippen LogP contribution in [0.3, 0.4) is 0 Å². The number of hydrogen-bond acceptors (Lipinski definition) is 4. The number of allylic oxidation sites excluding steroid dienone is 1. The van der Waals surface area contributed by atoms with Gasteiger partial charge in [-0.1, -0.05) is 48.1 Å². The van der Waals surface area contributed by atoms with Crippen molar-refractivity contribution in [2.24, 2.45) is 22.2 Å². The Kier molecular flexibility index (Phi) is 4.32. The third kappa shape index (κ3) is 2.73. The van der Waals surface area contributed by atoms with Crippen LogP contribution in [-0.2, 0) is 18.3 Å². The highest BCUT2D eigenvalue weighted by Gasteiger charge is 2.76. The molecule has 1 saturated heterocycles. The van der Waals surface area contributed by atoms with Crippen LogP contribution in [0.4, 0.5) is 0 Å². The molecule has 0 aromatic rings. The van der Waals surface area contributed by atoms with Crippen molar-refractivity contribution < 1.29 is 18.3 Å². The van der Waals surface area contributed by atoms with Crippen molar-refractivity contribution in [3.05, 3.63) is 12.3 Å². The predicted octanol–water partition coefficient (Wildman–Crippen LogP) is 4.85. The topological polar surface area (TPSA) is 36.9 Å². The molecule has 2 aliphatic carbocycles. The van der Waals surface area contributed by atoms with Gasteiger partial charge in [0.05, 0.1) is 19.0 Å². The monoisotopic (exact) mass is 368 g/mol. The minimum absolute atomic E-state index is 0.0265. The molecule has 0 unspecified atom stereocenters. The first-order valence-corrected chi connectivity index (χ1v) is 12.4. The van der Waals surface area contributed by atoms with E-state index in [1.54, 1.807) is 0 Å². The molecule has 2 bridgehead atoms. The molecule has 0 N–H and O–H groups in total. The Bertz CT molecular complexity index is 557. The van der Waals surface area contributed by atoms with E-state index >= 15 is 0 Å². The van der Waals surface area contributed by atoms with Gasteiger partial charge < -0.3 is 18.3 Å². The first-order chi connectivity index (χ1) is 11.3. The third-order valence-corrected chi connectivity index (χ3v) is 8.61. The summed E-state index contributed by atoms with van der Waals surface area (Å²) in [4.78, 5) is 0. The van der Waals surface area contributed by atoms with Gasteiger partial charge in [0.1, 0.15) is 6.10 Å². The maximum absolute atomic E-state index is 6.78. The summed E-state index contributed by atoms with van der Waals surface area (Å²) >= 11 is 0. The van der Waals surface area contributed by atoms with Gasteiger partial charge >= 0.3 is 8.56 Å². The van der Waals surface area contributed by atoms with Gasteiger partial charge in [-0.05, 0) is 31.4 Å². The number of rotatable bonds is 4. The lowest BCUT2D eigenvalue weighted by atomic mass is 9.70. The smallest absolute Gasteiger partial charge is 0.392 e. The van der Waals surface area contributed by atoms with Gasteiger partial charge in [0.2, 0.25) is 0 Å². The molecule has 1 heterocycles. The molecule has 0 amide bonds. The summed E-state index contributed by atoms with van der Waals surface area (Å²) in [6.45, 7) is 23.1. The van der Waals surface area contributed by atoms with Gasteiger partial charge in [-0.3, -0.25) is 0 Å². The first-order valence-electron chi connectivity index (χ1n) is 9.60. The molecule has 3 atom stereocenters. The minimum Gasteiger partial charge on any atom is -0.524 e. The van der Waals surface area contributed by atoms with Gasteiger partial charge in [-0.25, -0.2) is 0 Å². The standard InChI is InChI=1S/C20H36O4Si/c1-14(17(2,3)4)23-25(8,9)24-16-19(7)11-10-15(18(19,5)6)20(16)21-12-13-22-20/h15-16H,1,10-13H2,2-9H3/t15-,16-,19-/m0/s1. The minimum atomic E-state index is -2.44. The molecule has 0 radical (unpaired) electrons. The van der Waals surface area contributed by atoms with Crippen LogP contribution in [-0.4, -0.2) is 33.7 Å². The van der Waals surface area contributed by atoms with E-state index in [9.17, 15) is 0 Å². The first kappa shape index (κ1) is 19.4. The maximum atomic E-state index is 6.78. The zero-order valence-corrected chi connectivity index (χ0v) is 18.3. The zero-order chi connectivity index (χ0) is 18.9. The van der Waals surface area contributed by atoms with E-state index in [1.165, 1.54) is 0 Å². The van der Waals surface area contributed by atoms with Gasteiger partial charge in [0.25, 0.3) is 0 Å². The fourth-order valence-corrected chi connectivity index (χ4v) is 7.03. The van der Waals surface area contributed by atoms with Crippen molar-refractivity contribution in [2.75, 3.05) is 13.2 Å². The van der Waals surface area contributed by atoms with Gasteiger partial charge in [-0.15, -0.1) is 0 Å². The van der Waals surface area contributed by atoms with Gasteiger partial charge in [-0.2, -0.15) is 0 Å². The molecule has 3 rings (SSSR count). The molecule has 25 heavy (non-hydrogen) atoms. The Hall–Kier alpha value is -0.363. The molecule has 4 nitrogen and oxygen atoms in total. The van der Waals surface area contributed by atoms with Crippen LogP contribution in [0.15, 0.2) is 12.3 Å². The zero-order valence-electron chi connectivity index (χ0n) is 17.3. The largest absolute Gasteiger partial charge is 0.524 e. The van der Waals surface area contributed by atoms with E-state index in [-0.39, 0.29) is 22.3 Å². The quantitative estimate of drug-likeness (QED) is 0.525. The van der Waals surface area contributed by atoms with Crippen LogP contribution >= 0.6 is 0 Å². The highest BCUT2D eigenvalue weighted by molar-refractivity contribution is 6.64. The van der Waals surface area contributed by atoms with Crippen LogP contribution in [0, 0.1) is 22.2 Å². The third-order valence-electron chi connectivity index (χ3n) is 7.07. The predicted molar refractivity (Wildman–Crippen MR) is 101 cm³/mol. The van der Waals surface area contributed by atoms with Crippen molar-refractivity contribution in [1.82, 2.24) is 0 Å². The lowest BCUT2D eigenvalue weighted by Crippen LogP contribution is -2.57. The van der Waals surface area contributed by atoms with Crippen molar-refractivity contribution in [1.29, 1.82) is 0 Å². The molecule has 0 aromatic heterocycles. The fourth-order valence-electron chi connectivity index (χ4n) is 5.09. The molecule has 2 saturated carbocycles. The lowest BCUT2D eigenvalue weighted by molar-refractivity contribution is -0.250. The van der Waals surface area contributed by atoms with E-state index in [1.807, 2.05) is 0 Å². The SMILES string of the molecule is C=C(O[Si](C)(C)O[C@@H]1C2(OCCO2)[C@H]2CC[C@]1(C)C2(C)C)C(C)(C)C. The summed E-state index contributed by atoms with van der Waals surface area (Å²) in [7, 11) is -2.44. The van der Waals surface area contributed by atoms with E-state index in [0.717, 1.165) is 18.6 Å². The number of ether oxygens (including phenoxy) is 2. The second-order valence-corrected chi connectivity index (χ2v) is 13.6. The molecule has 1 aliphatic heterocycles. The van der Waals surface area contributed by atoms with E-state index in [2.05, 4.69) is 61.2 Å². The molecule has 1 spiro atoms. The van der Waals surface area contributed by atoms with Crippen molar-refractivity contribution in [3.63, 3.8) is 0 Å². The summed E-state index contributed by atoms with van der Waals surface area (Å²) in [5, 5.41) is 0. The highest BCUT2D eigenvalue weighted by Crippen LogP contribution is 2.71. The van der Waals surface area contributed by atoms with Crippen molar-refractivity contribution >= 4 is 8.56 Å². The van der Waals surface area contributed by atoms with Crippen molar-refractivity contribution in [3.8, 4) is 0 Å². The van der Waals surface area contributed by atoms with Crippen LogP contribution in [0.2, 0.25) is 13.1 Å². The molecule has 3 aliphatic rings. The van der Waals surface area contributed by atoms with E-state index in [4.69, 9.17) is 18.3 Å². The Labute approximate surface area is 154 Å². The summed E-state index contributed by atoms with van der Waals surface area (Å²) in [5.41, 5.74) is 0.0513. The Morgan fingerprint density at radius 1 is 1.12 bits per heavy atom. The van der Waals surface area contributed by atoms with Crippen LogP contribution < -0.4 is 0 Å². The lowest BCUT2D eigenvalue weighted by Gasteiger charge is -2.46. The molecule has 0 aromatic carbocycles. The second-order valence-electron chi connectivity index (χ2n) is 10.3. The second kappa shape index (κ2) is 5.57. The Balaban J connectivity index is 1.89. The molecular formula is C20H36O4Si. The average Bonchev–Trinajstić information content (AvgIpc) is 3.02. The Morgan fingerprint density at radius 3 is 2.20 bits per heavy atom. The van der Waals surface area contributed by atoms with Crippen LogP contribution in [0.1, 0.15) is 54.4 Å². The van der Waals surface area contributed by atoms with E-state index < -0.39 is 14.3 Å². The van der Waals surface area contributed by atoms with Gasteiger partial charge in [0.15, 0.2) is 5.79 Å². The number of fused-ring (bicyclic) bond motifs is 3. The van der Waals surface area contributed by atoms with Crippen molar-refractivity contribution in [2.45, 2.75) is 79.4 Å². The van der Waals surface area contributed by atoms with Crippen LogP contribution in [0.5, 0.6) is 0 Å². The molecular weight excluding hydrogens is 332 g/mol. The summed E-state index contributed by atoms with van der Waals surface area (Å²) in [6, 6.07) is 0. The van der Waals surface area contributed by atoms with Crippen LogP contribution in [0.25, 0.3) is 0 Å². The normalized spacial score (nSPS) is 36.2. The summed E-state index contributed by atoms with van der Waals surface area (Å²) in [5.74, 6) is 0.555. The molecule has 5 heteroatoms. The summed E-state index contributed by atoms with van der Waals surface area (Å²) in [6.07, 6.45) is 2.20.